The van der Waals surface area contributed by atoms with E-state index in [2.05, 4.69) is 0 Å². The van der Waals surface area contributed by atoms with E-state index in [1.165, 1.54) is 4.90 Å². The maximum absolute atomic E-state index is 12.4. The third-order valence-corrected chi connectivity index (χ3v) is 3.07. The maximum Gasteiger partial charge on any atom is 0.254 e. The van der Waals surface area contributed by atoms with Crippen molar-refractivity contribution >= 4 is 17.5 Å². The highest BCUT2D eigenvalue weighted by Crippen LogP contribution is 2.12. The van der Waals surface area contributed by atoms with Gasteiger partial charge >= 0.3 is 0 Å². The molecule has 0 aromatic heterocycles. The molecule has 1 atom stereocenters. The van der Waals surface area contributed by atoms with E-state index < -0.39 is 12.0 Å². The Labute approximate surface area is 122 Å². The second-order valence-electron chi connectivity index (χ2n) is 4.84. The molecule has 1 aromatic carbocycles. The summed E-state index contributed by atoms with van der Waals surface area (Å²) in [5.74, 6) is -0.889. The van der Waals surface area contributed by atoms with Gasteiger partial charge in [-0.2, -0.15) is 0 Å². The summed E-state index contributed by atoms with van der Waals surface area (Å²) in [6.45, 7) is 1.08. The van der Waals surface area contributed by atoms with Gasteiger partial charge in [0, 0.05) is 12.2 Å². The summed E-state index contributed by atoms with van der Waals surface area (Å²) in [4.78, 5) is 24.9. The largest absolute Gasteiger partial charge is 0.399 e. The first-order valence-electron chi connectivity index (χ1n) is 6.67. The van der Waals surface area contributed by atoms with E-state index in [9.17, 15) is 9.59 Å². The fourth-order valence-corrected chi connectivity index (χ4v) is 2.15. The van der Waals surface area contributed by atoms with Crippen LogP contribution in [0.25, 0.3) is 0 Å². The predicted molar refractivity (Wildman–Crippen MR) is 76.0 cm³/mol. The van der Waals surface area contributed by atoms with Crippen molar-refractivity contribution in [3.8, 4) is 0 Å². The molecule has 7 heteroatoms. The Hall–Kier alpha value is -2.12. The van der Waals surface area contributed by atoms with Crippen molar-refractivity contribution in [1.29, 1.82) is 0 Å². The Morgan fingerprint density at radius 2 is 2.14 bits per heavy atom. The molecular formula is C14H19N3O4. The first-order chi connectivity index (χ1) is 10.1. The molecule has 1 saturated heterocycles. The van der Waals surface area contributed by atoms with Gasteiger partial charge in [-0.25, -0.2) is 0 Å². The summed E-state index contributed by atoms with van der Waals surface area (Å²) < 4.78 is 10.6. The van der Waals surface area contributed by atoms with E-state index in [-0.39, 0.29) is 25.6 Å². The SMILES string of the molecule is NC(=O)CN(Cc1cccc(N)c1)C(=O)C1COCCO1. The van der Waals surface area contributed by atoms with E-state index in [4.69, 9.17) is 20.9 Å². The number of ether oxygens (including phenoxy) is 2. The Bertz CT molecular complexity index is 515. The van der Waals surface area contributed by atoms with Crippen molar-refractivity contribution < 1.29 is 19.1 Å². The molecule has 0 saturated carbocycles. The van der Waals surface area contributed by atoms with Gasteiger partial charge in [0.2, 0.25) is 5.91 Å². The average Bonchev–Trinajstić information content (AvgIpc) is 2.46. The zero-order chi connectivity index (χ0) is 15.2. The number of hydrogen-bond acceptors (Lipinski definition) is 5. The number of rotatable bonds is 5. The molecule has 114 valence electrons. The number of nitrogens with zero attached hydrogens (tertiary/aromatic N) is 1. The van der Waals surface area contributed by atoms with Crippen molar-refractivity contribution in [2.75, 3.05) is 32.1 Å². The Balaban J connectivity index is 2.09. The first kappa shape index (κ1) is 15.3. The number of anilines is 1. The lowest BCUT2D eigenvalue weighted by molar-refractivity contribution is -0.159. The summed E-state index contributed by atoms with van der Waals surface area (Å²) in [5, 5.41) is 0. The number of amides is 2. The monoisotopic (exact) mass is 293 g/mol. The number of carbonyl (C=O) groups is 2. The number of carbonyl (C=O) groups excluding carboxylic acids is 2. The van der Waals surface area contributed by atoms with Gasteiger partial charge in [-0.3, -0.25) is 9.59 Å². The molecule has 0 bridgehead atoms. The van der Waals surface area contributed by atoms with Crippen molar-refractivity contribution in [1.82, 2.24) is 4.90 Å². The van der Waals surface area contributed by atoms with Crippen LogP contribution >= 0.6 is 0 Å². The molecule has 2 rings (SSSR count). The highest BCUT2D eigenvalue weighted by atomic mass is 16.6. The van der Waals surface area contributed by atoms with Crippen LogP contribution in [0.3, 0.4) is 0 Å². The van der Waals surface area contributed by atoms with Gasteiger partial charge < -0.3 is 25.8 Å². The van der Waals surface area contributed by atoms with Gasteiger partial charge in [0.25, 0.3) is 5.91 Å². The minimum atomic E-state index is -0.695. The van der Waals surface area contributed by atoms with E-state index >= 15 is 0 Å². The van der Waals surface area contributed by atoms with Gasteiger partial charge in [0.05, 0.1) is 26.4 Å². The molecule has 1 fully saturated rings. The van der Waals surface area contributed by atoms with E-state index in [0.29, 0.717) is 18.9 Å². The molecular weight excluding hydrogens is 274 g/mol. The quantitative estimate of drug-likeness (QED) is 0.711. The number of benzene rings is 1. The molecule has 1 aromatic rings. The molecule has 0 aliphatic carbocycles. The van der Waals surface area contributed by atoms with Crippen LogP contribution in [0.1, 0.15) is 5.56 Å². The second kappa shape index (κ2) is 7.05. The standard InChI is InChI=1S/C14H19N3O4/c15-11-3-1-2-10(6-11)7-17(8-13(16)18)14(19)12-9-20-4-5-21-12/h1-3,6,12H,4-5,7-9,15H2,(H2,16,18). The molecule has 0 radical (unpaired) electrons. The number of hydrogen-bond donors (Lipinski definition) is 2. The molecule has 2 amide bonds. The Kier molecular flexibility index (Phi) is 5.13. The number of primary amides is 1. The summed E-state index contributed by atoms with van der Waals surface area (Å²) in [5.41, 5.74) is 12.3. The van der Waals surface area contributed by atoms with Crippen molar-refractivity contribution in [3.05, 3.63) is 29.8 Å². The smallest absolute Gasteiger partial charge is 0.254 e. The van der Waals surface area contributed by atoms with E-state index in [1.807, 2.05) is 6.07 Å². The van der Waals surface area contributed by atoms with Gasteiger partial charge in [-0.1, -0.05) is 12.1 Å². The van der Waals surface area contributed by atoms with E-state index in [1.54, 1.807) is 18.2 Å². The minimum Gasteiger partial charge on any atom is -0.399 e. The summed E-state index contributed by atoms with van der Waals surface area (Å²) in [7, 11) is 0. The van der Waals surface area contributed by atoms with Gasteiger partial charge in [-0.15, -0.1) is 0 Å². The van der Waals surface area contributed by atoms with Crippen LogP contribution in [0.4, 0.5) is 5.69 Å². The lowest BCUT2D eigenvalue weighted by atomic mass is 10.1. The van der Waals surface area contributed by atoms with Crippen molar-refractivity contribution in [2.24, 2.45) is 5.73 Å². The average molecular weight is 293 g/mol. The summed E-state index contributed by atoms with van der Waals surface area (Å²) in [6.07, 6.45) is -0.695. The first-order valence-corrected chi connectivity index (χ1v) is 6.67. The fourth-order valence-electron chi connectivity index (χ4n) is 2.15. The van der Waals surface area contributed by atoms with Crippen LogP contribution < -0.4 is 11.5 Å². The molecule has 7 nitrogen and oxygen atoms in total. The zero-order valence-electron chi connectivity index (χ0n) is 11.7. The molecule has 1 heterocycles. The Morgan fingerprint density at radius 3 is 2.76 bits per heavy atom. The molecule has 1 unspecified atom stereocenters. The van der Waals surface area contributed by atoms with Crippen LogP contribution in [-0.2, 0) is 25.6 Å². The third kappa shape index (κ3) is 4.44. The maximum atomic E-state index is 12.4. The summed E-state index contributed by atoms with van der Waals surface area (Å²) in [6, 6.07) is 7.12. The third-order valence-electron chi connectivity index (χ3n) is 3.07. The molecule has 21 heavy (non-hydrogen) atoms. The lowest BCUT2D eigenvalue weighted by Crippen LogP contribution is -2.47. The normalized spacial score (nSPS) is 18.2. The molecule has 1 aliphatic rings. The van der Waals surface area contributed by atoms with Gasteiger partial charge in [-0.05, 0) is 17.7 Å². The van der Waals surface area contributed by atoms with Crippen LogP contribution in [0.5, 0.6) is 0 Å². The van der Waals surface area contributed by atoms with Crippen LogP contribution in [0.2, 0.25) is 0 Å². The number of nitrogen functional groups attached to an aromatic ring is 1. The molecule has 4 N–H and O–H groups in total. The van der Waals surface area contributed by atoms with Gasteiger partial charge in [0.15, 0.2) is 6.10 Å². The van der Waals surface area contributed by atoms with E-state index in [0.717, 1.165) is 5.56 Å². The highest BCUT2D eigenvalue weighted by Gasteiger charge is 2.28. The van der Waals surface area contributed by atoms with Crippen molar-refractivity contribution in [3.63, 3.8) is 0 Å². The second-order valence-corrected chi connectivity index (χ2v) is 4.84. The van der Waals surface area contributed by atoms with Crippen LogP contribution in [-0.4, -0.2) is 49.2 Å². The zero-order valence-corrected chi connectivity index (χ0v) is 11.7. The lowest BCUT2D eigenvalue weighted by Gasteiger charge is -2.28. The molecule has 1 aliphatic heterocycles. The number of nitrogens with two attached hydrogens (primary N) is 2. The molecule has 0 spiro atoms. The van der Waals surface area contributed by atoms with Crippen LogP contribution in [0.15, 0.2) is 24.3 Å². The highest BCUT2D eigenvalue weighted by molar-refractivity contribution is 5.86. The minimum absolute atomic E-state index is 0.173. The Morgan fingerprint density at radius 1 is 1.33 bits per heavy atom. The topological polar surface area (TPSA) is 108 Å². The fraction of sp³-hybridized carbons (Fsp3) is 0.429. The van der Waals surface area contributed by atoms with Crippen molar-refractivity contribution in [2.45, 2.75) is 12.6 Å². The van der Waals surface area contributed by atoms with Crippen LogP contribution in [0, 0.1) is 0 Å². The van der Waals surface area contributed by atoms with Gasteiger partial charge in [0.1, 0.15) is 0 Å². The predicted octanol–water partition coefficient (Wildman–Crippen LogP) is -0.502. The summed E-state index contributed by atoms with van der Waals surface area (Å²) >= 11 is 0.